The maximum atomic E-state index is 11.9. The Labute approximate surface area is 107 Å². The van der Waals surface area contributed by atoms with Crippen molar-refractivity contribution in [2.24, 2.45) is 0 Å². The van der Waals surface area contributed by atoms with E-state index in [9.17, 15) is 4.79 Å². The minimum atomic E-state index is -0.0615. The molecule has 3 rings (SSSR count). The topological polar surface area (TPSA) is 47.0 Å². The number of aromatic amines is 1. The number of nitrogens with zero attached hydrogens (tertiary/aromatic N) is 1. The molecule has 1 aliphatic rings. The molecule has 1 saturated heterocycles. The molecule has 17 heavy (non-hydrogen) atoms. The molecule has 1 aromatic carbocycles. The second kappa shape index (κ2) is 4.31. The minimum absolute atomic E-state index is 0.0615. The van der Waals surface area contributed by atoms with Crippen LogP contribution in [-0.2, 0) is 11.3 Å². The molecule has 2 aromatic rings. The van der Waals surface area contributed by atoms with Gasteiger partial charge in [0.15, 0.2) is 0 Å². The van der Waals surface area contributed by atoms with Crippen molar-refractivity contribution < 1.29 is 4.74 Å². The molecule has 0 saturated carbocycles. The second-order valence-electron chi connectivity index (χ2n) is 4.34. The zero-order chi connectivity index (χ0) is 11.8. The first-order chi connectivity index (χ1) is 8.24. The molecule has 0 aliphatic carbocycles. The van der Waals surface area contributed by atoms with Crippen LogP contribution in [-0.4, -0.2) is 22.3 Å². The predicted octanol–water partition coefficient (Wildman–Crippen LogP) is 2.27. The fourth-order valence-electron chi connectivity index (χ4n) is 2.30. The minimum Gasteiger partial charge on any atom is -0.376 e. The number of halogens is 1. The lowest BCUT2D eigenvalue weighted by atomic mass is 10.2. The molecule has 1 aliphatic heterocycles. The Bertz CT molecular complexity index is 596. The molecule has 90 valence electrons. The van der Waals surface area contributed by atoms with Crippen LogP contribution in [0, 0.1) is 0 Å². The Morgan fingerprint density at radius 3 is 3.18 bits per heavy atom. The molecule has 0 bridgehead atoms. The lowest BCUT2D eigenvalue weighted by molar-refractivity contribution is 0.0972. The summed E-state index contributed by atoms with van der Waals surface area (Å²) in [5.41, 5.74) is 1.74. The van der Waals surface area contributed by atoms with Gasteiger partial charge in [-0.1, -0.05) is 15.9 Å². The lowest BCUT2D eigenvalue weighted by Gasteiger charge is -2.10. The van der Waals surface area contributed by atoms with E-state index >= 15 is 0 Å². The molecular formula is C12H13BrN2O2. The molecule has 1 atom stereocenters. The molecular weight excluding hydrogens is 284 g/mol. The van der Waals surface area contributed by atoms with E-state index in [-0.39, 0.29) is 11.8 Å². The van der Waals surface area contributed by atoms with Crippen LogP contribution < -0.4 is 5.69 Å². The average molecular weight is 297 g/mol. The van der Waals surface area contributed by atoms with E-state index in [4.69, 9.17) is 4.74 Å². The largest absolute Gasteiger partial charge is 0.376 e. The van der Waals surface area contributed by atoms with Gasteiger partial charge in [0.2, 0.25) is 0 Å². The van der Waals surface area contributed by atoms with Crippen molar-refractivity contribution in [1.29, 1.82) is 0 Å². The van der Waals surface area contributed by atoms with E-state index in [0.29, 0.717) is 6.54 Å². The highest BCUT2D eigenvalue weighted by molar-refractivity contribution is 9.10. The van der Waals surface area contributed by atoms with Gasteiger partial charge in [-0.15, -0.1) is 0 Å². The van der Waals surface area contributed by atoms with Crippen molar-refractivity contribution >= 4 is 27.0 Å². The maximum Gasteiger partial charge on any atom is 0.326 e. The number of fused-ring (bicyclic) bond motifs is 1. The molecule has 0 spiro atoms. The molecule has 0 amide bonds. The van der Waals surface area contributed by atoms with Crippen LogP contribution in [0.25, 0.3) is 11.0 Å². The number of H-pyrrole nitrogens is 1. The van der Waals surface area contributed by atoms with Gasteiger partial charge in [0.05, 0.1) is 23.7 Å². The zero-order valence-electron chi connectivity index (χ0n) is 9.28. The van der Waals surface area contributed by atoms with Gasteiger partial charge in [0, 0.05) is 11.1 Å². The summed E-state index contributed by atoms with van der Waals surface area (Å²) in [4.78, 5) is 14.7. The molecule has 4 nitrogen and oxygen atoms in total. The number of nitrogens with one attached hydrogen (secondary N) is 1. The normalized spacial score (nSPS) is 20.2. The van der Waals surface area contributed by atoms with E-state index in [0.717, 1.165) is 35.0 Å². The summed E-state index contributed by atoms with van der Waals surface area (Å²) < 4.78 is 8.31. The van der Waals surface area contributed by atoms with Gasteiger partial charge in [-0.25, -0.2) is 4.79 Å². The van der Waals surface area contributed by atoms with Gasteiger partial charge in [0.25, 0.3) is 0 Å². The van der Waals surface area contributed by atoms with Crippen molar-refractivity contribution in [2.45, 2.75) is 25.5 Å². The van der Waals surface area contributed by atoms with Crippen molar-refractivity contribution in [3.05, 3.63) is 33.2 Å². The van der Waals surface area contributed by atoms with Gasteiger partial charge < -0.3 is 9.72 Å². The fraction of sp³-hybridized carbons (Fsp3) is 0.417. The van der Waals surface area contributed by atoms with Crippen LogP contribution in [0.5, 0.6) is 0 Å². The third-order valence-corrected chi connectivity index (χ3v) is 3.64. The summed E-state index contributed by atoms with van der Waals surface area (Å²) >= 11 is 3.43. The predicted molar refractivity (Wildman–Crippen MR) is 69.2 cm³/mol. The molecule has 1 unspecified atom stereocenters. The van der Waals surface area contributed by atoms with E-state index in [1.807, 2.05) is 18.2 Å². The molecule has 5 heteroatoms. The van der Waals surface area contributed by atoms with Crippen molar-refractivity contribution in [2.75, 3.05) is 6.61 Å². The summed E-state index contributed by atoms with van der Waals surface area (Å²) in [6.07, 6.45) is 2.30. The SMILES string of the molecule is O=c1[nH]c2ccc(Br)cc2n1CC1CCCO1. The highest BCUT2D eigenvalue weighted by Crippen LogP contribution is 2.19. The van der Waals surface area contributed by atoms with Gasteiger partial charge in [0.1, 0.15) is 0 Å². The van der Waals surface area contributed by atoms with Crippen LogP contribution in [0.3, 0.4) is 0 Å². The quantitative estimate of drug-likeness (QED) is 0.924. The highest BCUT2D eigenvalue weighted by Gasteiger charge is 2.18. The van der Waals surface area contributed by atoms with Crippen molar-refractivity contribution in [3.8, 4) is 0 Å². The van der Waals surface area contributed by atoms with Gasteiger partial charge in [-0.3, -0.25) is 4.57 Å². The van der Waals surface area contributed by atoms with E-state index in [1.165, 1.54) is 0 Å². The third-order valence-electron chi connectivity index (χ3n) is 3.15. The summed E-state index contributed by atoms with van der Waals surface area (Å²) in [6.45, 7) is 1.45. The smallest absolute Gasteiger partial charge is 0.326 e. The van der Waals surface area contributed by atoms with Gasteiger partial charge in [-0.05, 0) is 31.0 Å². The summed E-state index contributed by atoms with van der Waals surface area (Å²) in [5.74, 6) is 0. The van der Waals surface area contributed by atoms with Crippen molar-refractivity contribution in [3.63, 3.8) is 0 Å². The Morgan fingerprint density at radius 2 is 2.41 bits per heavy atom. The second-order valence-corrected chi connectivity index (χ2v) is 5.25. The van der Waals surface area contributed by atoms with Gasteiger partial charge in [-0.2, -0.15) is 0 Å². The Balaban J connectivity index is 2.04. The number of hydrogen-bond acceptors (Lipinski definition) is 2. The fourth-order valence-corrected chi connectivity index (χ4v) is 2.65. The number of rotatable bonds is 2. The van der Waals surface area contributed by atoms with E-state index in [1.54, 1.807) is 4.57 Å². The third kappa shape index (κ3) is 2.05. The lowest BCUT2D eigenvalue weighted by Crippen LogP contribution is -2.24. The number of benzene rings is 1. The maximum absolute atomic E-state index is 11.9. The van der Waals surface area contributed by atoms with Crippen LogP contribution in [0.4, 0.5) is 0 Å². The summed E-state index contributed by atoms with van der Waals surface area (Å²) in [6, 6.07) is 5.80. The van der Waals surface area contributed by atoms with Crippen LogP contribution in [0.15, 0.2) is 27.5 Å². The molecule has 1 N–H and O–H groups in total. The average Bonchev–Trinajstić information content (AvgIpc) is 2.90. The number of hydrogen-bond donors (Lipinski definition) is 1. The first kappa shape index (κ1) is 11.0. The Kier molecular flexibility index (Phi) is 2.80. The molecule has 1 fully saturated rings. The highest BCUT2D eigenvalue weighted by atomic mass is 79.9. The first-order valence-corrected chi connectivity index (χ1v) is 6.53. The Morgan fingerprint density at radius 1 is 1.53 bits per heavy atom. The van der Waals surface area contributed by atoms with E-state index < -0.39 is 0 Å². The molecule has 1 aromatic heterocycles. The van der Waals surface area contributed by atoms with E-state index in [2.05, 4.69) is 20.9 Å². The van der Waals surface area contributed by atoms with Crippen molar-refractivity contribution in [1.82, 2.24) is 9.55 Å². The summed E-state index contributed by atoms with van der Waals surface area (Å²) in [7, 11) is 0. The van der Waals surface area contributed by atoms with Crippen LogP contribution >= 0.6 is 15.9 Å². The monoisotopic (exact) mass is 296 g/mol. The first-order valence-electron chi connectivity index (χ1n) is 5.74. The zero-order valence-corrected chi connectivity index (χ0v) is 10.9. The van der Waals surface area contributed by atoms with Crippen LogP contribution in [0.2, 0.25) is 0 Å². The number of ether oxygens (including phenoxy) is 1. The molecule has 0 radical (unpaired) electrons. The van der Waals surface area contributed by atoms with Crippen LogP contribution in [0.1, 0.15) is 12.8 Å². The number of imidazole rings is 1. The summed E-state index contributed by atoms with van der Waals surface area (Å²) in [5, 5.41) is 0. The van der Waals surface area contributed by atoms with Gasteiger partial charge >= 0.3 is 5.69 Å². The number of aromatic nitrogens is 2. The Hall–Kier alpha value is -1.07. The molecule has 2 heterocycles. The standard InChI is InChI=1S/C12H13BrN2O2/c13-8-3-4-10-11(6-8)15(12(16)14-10)7-9-2-1-5-17-9/h3-4,6,9H,1-2,5,7H2,(H,14,16).